The molecule has 1 amide bonds. The van der Waals surface area contributed by atoms with E-state index in [1.165, 1.54) is 11.1 Å². The highest BCUT2D eigenvalue weighted by Crippen LogP contribution is 2.19. The predicted molar refractivity (Wildman–Crippen MR) is 84.7 cm³/mol. The Labute approximate surface area is 123 Å². The van der Waals surface area contributed by atoms with Gasteiger partial charge in [-0.2, -0.15) is 0 Å². The van der Waals surface area contributed by atoms with Crippen LogP contribution in [0, 0.1) is 5.92 Å². The molecule has 0 fully saturated rings. The number of carbonyl (C=O) groups is 1. The Bertz CT molecular complexity index is 410. The van der Waals surface area contributed by atoms with E-state index in [4.69, 9.17) is 0 Å². The van der Waals surface area contributed by atoms with E-state index in [0.29, 0.717) is 18.9 Å². The fourth-order valence-corrected chi connectivity index (χ4v) is 2.28. The van der Waals surface area contributed by atoms with Crippen molar-refractivity contribution in [2.24, 2.45) is 5.92 Å². The van der Waals surface area contributed by atoms with Crippen LogP contribution >= 0.6 is 0 Å². The summed E-state index contributed by atoms with van der Waals surface area (Å²) in [5, 5.41) is 2.98. The molecule has 1 aromatic carbocycles. The summed E-state index contributed by atoms with van der Waals surface area (Å²) in [5.41, 5.74) is 2.62. The van der Waals surface area contributed by atoms with E-state index in [9.17, 15) is 4.79 Å². The van der Waals surface area contributed by atoms with Gasteiger partial charge in [0, 0.05) is 13.0 Å². The molecule has 0 saturated heterocycles. The molecule has 0 saturated carbocycles. The molecule has 3 nitrogen and oxygen atoms in total. The molecule has 0 unspecified atom stereocenters. The lowest BCUT2D eigenvalue weighted by Gasteiger charge is -2.25. The maximum atomic E-state index is 11.4. The molecule has 1 rings (SSSR count). The Morgan fingerprint density at radius 3 is 2.25 bits per heavy atom. The second-order valence-electron chi connectivity index (χ2n) is 5.98. The largest absolute Gasteiger partial charge is 0.354 e. The van der Waals surface area contributed by atoms with Crippen LogP contribution in [0.2, 0.25) is 0 Å². The maximum absolute atomic E-state index is 11.4. The van der Waals surface area contributed by atoms with E-state index in [2.05, 4.69) is 48.3 Å². The summed E-state index contributed by atoms with van der Waals surface area (Å²) >= 11 is 0. The lowest BCUT2D eigenvalue weighted by Crippen LogP contribution is -2.34. The zero-order valence-electron chi connectivity index (χ0n) is 13.4. The van der Waals surface area contributed by atoms with Crippen molar-refractivity contribution < 1.29 is 4.79 Å². The van der Waals surface area contributed by atoms with Gasteiger partial charge in [-0.15, -0.1) is 0 Å². The first-order valence-electron chi connectivity index (χ1n) is 7.46. The number of nitrogens with one attached hydrogen (secondary N) is 1. The highest BCUT2D eigenvalue weighted by Gasteiger charge is 2.14. The van der Waals surface area contributed by atoms with Crippen LogP contribution < -0.4 is 5.32 Å². The van der Waals surface area contributed by atoms with Gasteiger partial charge in [-0.25, -0.2) is 0 Å². The molecule has 1 N–H and O–H groups in total. The van der Waals surface area contributed by atoms with Crippen molar-refractivity contribution in [3.63, 3.8) is 0 Å². The van der Waals surface area contributed by atoms with Crippen LogP contribution in [0.3, 0.4) is 0 Å². The lowest BCUT2D eigenvalue weighted by atomic mass is 9.99. The number of benzene rings is 1. The molecule has 1 atom stereocenters. The van der Waals surface area contributed by atoms with Crippen LogP contribution in [-0.4, -0.2) is 31.4 Å². The van der Waals surface area contributed by atoms with Crippen molar-refractivity contribution >= 4 is 5.91 Å². The van der Waals surface area contributed by atoms with Gasteiger partial charge in [0.15, 0.2) is 0 Å². The Hall–Kier alpha value is -1.35. The summed E-state index contributed by atoms with van der Waals surface area (Å²) in [6.45, 7) is 7.00. The molecule has 3 heteroatoms. The van der Waals surface area contributed by atoms with Gasteiger partial charge in [0.25, 0.3) is 0 Å². The number of nitrogens with zero attached hydrogens (tertiary/aromatic N) is 1. The first-order valence-corrected chi connectivity index (χ1v) is 7.46. The van der Waals surface area contributed by atoms with Crippen LogP contribution in [0.15, 0.2) is 24.3 Å². The number of rotatable bonds is 7. The first kappa shape index (κ1) is 16.7. The van der Waals surface area contributed by atoms with Gasteiger partial charge >= 0.3 is 0 Å². The monoisotopic (exact) mass is 276 g/mol. The van der Waals surface area contributed by atoms with Crippen molar-refractivity contribution in [3.05, 3.63) is 35.4 Å². The zero-order chi connectivity index (χ0) is 15.1. The van der Waals surface area contributed by atoms with E-state index in [1.54, 1.807) is 0 Å². The highest BCUT2D eigenvalue weighted by molar-refractivity contribution is 5.75. The van der Waals surface area contributed by atoms with Gasteiger partial charge in [0.2, 0.25) is 5.91 Å². The summed E-state index contributed by atoms with van der Waals surface area (Å²) in [7, 11) is 4.09. The second-order valence-corrected chi connectivity index (χ2v) is 5.98. The third-order valence-corrected chi connectivity index (χ3v) is 3.45. The molecular weight excluding hydrogens is 248 g/mol. The Balaban J connectivity index is 2.74. The van der Waals surface area contributed by atoms with E-state index >= 15 is 0 Å². The maximum Gasteiger partial charge on any atom is 0.219 e. The van der Waals surface area contributed by atoms with Gasteiger partial charge in [0.1, 0.15) is 0 Å². The van der Waals surface area contributed by atoms with Crippen molar-refractivity contribution in [2.45, 2.75) is 39.7 Å². The third kappa shape index (κ3) is 5.33. The van der Waals surface area contributed by atoms with Crippen molar-refractivity contribution in [2.75, 3.05) is 20.6 Å². The summed E-state index contributed by atoms with van der Waals surface area (Å²) in [6.07, 6.45) is 1.65. The van der Waals surface area contributed by atoms with Crippen LogP contribution in [0.5, 0.6) is 0 Å². The van der Waals surface area contributed by atoms with Crippen LogP contribution in [0.1, 0.15) is 44.4 Å². The summed E-state index contributed by atoms with van der Waals surface area (Å²) in [4.78, 5) is 13.6. The fourth-order valence-electron chi connectivity index (χ4n) is 2.28. The van der Waals surface area contributed by atoms with Gasteiger partial charge < -0.3 is 10.2 Å². The summed E-state index contributed by atoms with van der Waals surface area (Å²) in [5.74, 6) is 0.780. The molecule has 0 radical (unpaired) electrons. The van der Waals surface area contributed by atoms with E-state index in [0.717, 1.165) is 6.42 Å². The van der Waals surface area contributed by atoms with Gasteiger partial charge in [-0.3, -0.25) is 4.79 Å². The molecule has 1 aromatic rings. The van der Waals surface area contributed by atoms with Crippen molar-refractivity contribution in [1.29, 1.82) is 0 Å². The molecule has 0 bridgehead atoms. The average Bonchev–Trinajstić information content (AvgIpc) is 2.39. The SMILES string of the molecule is CCC(=O)NC[C@@H](c1ccc(CC(C)C)cc1)N(C)C. The topological polar surface area (TPSA) is 32.3 Å². The summed E-state index contributed by atoms with van der Waals surface area (Å²) < 4.78 is 0. The van der Waals surface area contributed by atoms with Crippen LogP contribution in [-0.2, 0) is 11.2 Å². The molecule has 20 heavy (non-hydrogen) atoms. The number of likely N-dealkylation sites (N-methyl/N-ethyl adjacent to an activating group) is 1. The van der Waals surface area contributed by atoms with Gasteiger partial charge in [-0.05, 0) is 37.6 Å². The van der Waals surface area contributed by atoms with Gasteiger partial charge in [-0.1, -0.05) is 45.0 Å². The van der Waals surface area contributed by atoms with E-state index < -0.39 is 0 Å². The number of hydrogen-bond acceptors (Lipinski definition) is 2. The summed E-state index contributed by atoms with van der Waals surface area (Å²) in [6, 6.07) is 8.99. The molecule has 0 aliphatic rings. The normalized spacial score (nSPS) is 12.8. The molecule has 0 heterocycles. The quantitative estimate of drug-likeness (QED) is 0.830. The Kier molecular flexibility index (Phi) is 6.73. The third-order valence-electron chi connectivity index (χ3n) is 3.45. The van der Waals surface area contributed by atoms with Crippen molar-refractivity contribution in [3.8, 4) is 0 Å². The van der Waals surface area contributed by atoms with Gasteiger partial charge in [0.05, 0.1) is 6.04 Å². The lowest BCUT2D eigenvalue weighted by molar-refractivity contribution is -0.121. The fraction of sp³-hybridized carbons (Fsp3) is 0.588. The van der Waals surface area contributed by atoms with Crippen molar-refractivity contribution in [1.82, 2.24) is 10.2 Å². The molecule has 0 aliphatic carbocycles. The number of carbonyl (C=O) groups excluding carboxylic acids is 1. The highest BCUT2D eigenvalue weighted by atomic mass is 16.1. The number of amides is 1. The van der Waals surface area contributed by atoms with E-state index in [-0.39, 0.29) is 11.9 Å². The zero-order valence-corrected chi connectivity index (χ0v) is 13.4. The second kappa shape index (κ2) is 8.05. The average molecular weight is 276 g/mol. The molecule has 0 aromatic heterocycles. The number of hydrogen-bond donors (Lipinski definition) is 1. The minimum Gasteiger partial charge on any atom is -0.354 e. The first-order chi connectivity index (χ1) is 9.43. The van der Waals surface area contributed by atoms with Crippen LogP contribution in [0.4, 0.5) is 0 Å². The standard InChI is InChI=1S/C17H28N2O/c1-6-17(20)18-12-16(19(4)5)15-9-7-14(8-10-15)11-13(2)3/h7-10,13,16H,6,11-12H2,1-5H3,(H,18,20)/t16-/m0/s1. The Morgan fingerprint density at radius 2 is 1.80 bits per heavy atom. The minimum absolute atomic E-state index is 0.105. The van der Waals surface area contributed by atoms with E-state index in [1.807, 2.05) is 21.0 Å². The molecular formula is C17H28N2O. The molecule has 0 spiro atoms. The molecule has 112 valence electrons. The van der Waals surface area contributed by atoms with Crippen LogP contribution in [0.25, 0.3) is 0 Å². The predicted octanol–water partition coefficient (Wildman–Crippen LogP) is 3.01. The minimum atomic E-state index is 0.105. The smallest absolute Gasteiger partial charge is 0.219 e. The molecule has 0 aliphatic heterocycles. The Morgan fingerprint density at radius 1 is 1.20 bits per heavy atom.